The molecule has 0 atom stereocenters. The third kappa shape index (κ3) is 5.12. The van der Waals surface area contributed by atoms with Gasteiger partial charge in [-0.25, -0.2) is 8.42 Å². The first kappa shape index (κ1) is 21.5. The largest absolute Gasteiger partial charge is 0.487 e. The molecule has 1 N–H and O–H groups in total. The monoisotopic (exact) mass is 457 g/mol. The second-order valence-electron chi connectivity index (χ2n) is 7.17. The summed E-state index contributed by atoms with van der Waals surface area (Å²) in [5.74, 6) is 0.128. The lowest BCUT2D eigenvalue weighted by atomic mass is 10.2. The molecule has 3 aromatic rings. The summed E-state index contributed by atoms with van der Waals surface area (Å²) in [5.41, 5.74) is 1.32. The highest BCUT2D eigenvalue weighted by Crippen LogP contribution is 2.28. The topological polar surface area (TPSA) is 88.6 Å². The number of anilines is 1. The van der Waals surface area contributed by atoms with Crippen molar-refractivity contribution < 1.29 is 17.9 Å². The quantitative estimate of drug-likeness (QED) is 0.576. The van der Waals surface area contributed by atoms with Gasteiger partial charge in [0.05, 0.1) is 5.69 Å². The lowest BCUT2D eigenvalue weighted by molar-refractivity contribution is 0.102. The van der Waals surface area contributed by atoms with Crippen molar-refractivity contribution >= 4 is 33.0 Å². The van der Waals surface area contributed by atoms with Crippen LogP contribution in [-0.4, -0.2) is 36.7 Å². The van der Waals surface area contributed by atoms with Crippen LogP contribution < -0.4 is 10.1 Å². The van der Waals surface area contributed by atoms with Gasteiger partial charge in [0.2, 0.25) is 10.0 Å². The van der Waals surface area contributed by atoms with Crippen molar-refractivity contribution in [1.82, 2.24) is 9.29 Å². The van der Waals surface area contributed by atoms with Crippen LogP contribution in [0.3, 0.4) is 0 Å². The van der Waals surface area contributed by atoms with E-state index in [1.165, 1.54) is 10.4 Å². The molecule has 0 spiro atoms. The van der Waals surface area contributed by atoms with Crippen molar-refractivity contribution in [3.05, 3.63) is 70.7 Å². The summed E-state index contributed by atoms with van der Waals surface area (Å²) < 4.78 is 33.3. The second kappa shape index (κ2) is 9.59. The first-order valence-electron chi connectivity index (χ1n) is 10.1. The molecule has 4 rings (SSSR count). The number of sulfonamides is 1. The summed E-state index contributed by atoms with van der Waals surface area (Å²) in [6.45, 7) is 1.30. The van der Waals surface area contributed by atoms with Crippen molar-refractivity contribution in [1.29, 1.82) is 0 Å². The Morgan fingerprint density at radius 3 is 2.71 bits per heavy atom. The molecule has 1 amide bonds. The molecule has 1 aliphatic heterocycles. The van der Waals surface area contributed by atoms with Crippen LogP contribution in [-0.2, 0) is 16.6 Å². The highest BCUT2D eigenvalue weighted by Gasteiger charge is 2.31. The Hall–Kier alpha value is -2.75. The van der Waals surface area contributed by atoms with Crippen LogP contribution in [0, 0.1) is 0 Å². The van der Waals surface area contributed by atoms with E-state index in [4.69, 9.17) is 4.74 Å². The van der Waals surface area contributed by atoms with E-state index in [9.17, 15) is 13.2 Å². The van der Waals surface area contributed by atoms with Crippen molar-refractivity contribution in [2.45, 2.75) is 30.8 Å². The number of aromatic nitrogens is 1. The van der Waals surface area contributed by atoms with Gasteiger partial charge in [0.25, 0.3) is 5.91 Å². The normalized spacial score (nSPS) is 14.8. The van der Waals surface area contributed by atoms with Crippen LogP contribution in [0.2, 0.25) is 0 Å². The minimum absolute atomic E-state index is 0.0689. The average molecular weight is 458 g/mol. The van der Waals surface area contributed by atoms with E-state index in [-0.39, 0.29) is 9.77 Å². The Kier molecular flexibility index (Phi) is 6.64. The predicted molar refractivity (Wildman–Crippen MR) is 120 cm³/mol. The zero-order valence-electron chi connectivity index (χ0n) is 16.9. The Balaban J connectivity index is 1.46. The van der Waals surface area contributed by atoms with Gasteiger partial charge < -0.3 is 10.1 Å². The van der Waals surface area contributed by atoms with Gasteiger partial charge in [-0.2, -0.15) is 4.31 Å². The number of nitrogens with zero attached hydrogens (tertiary/aromatic N) is 2. The number of pyridine rings is 1. The second-order valence-corrected chi connectivity index (χ2v) is 9.99. The first-order chi connectivity index (χ1) is 15.0. The SMILES string of the molecule is O=C(Nc1cccc(OCc2ccccn2)c1)c1sccc1S(=O)(=O)N1CCCCC1. The Bertz CT molecular complexity index is 1140. The zero-order chi connectivity index (χ0) is 21.7. The minimum atomic E-state index is -3.68. The van der Waals surface area contributed by atoms with Crippen LogP contribution in [0.5, 0.6) is 5.75 Å². The number of amides is 1. The van der Waals surface area contributed by atoms with Crippen molar-refractivity contribution in [2.75, 3.05) is 18.4 Å². The number of rotatable bonds is 7. The van der Waals surface area contributed by atoms with E-state index in [1.54, 1.807) is 35.8 Å². The molecule has 1 fully saturated rings. The zero-order valence-corrected chi connectivity index (χ0v) is 18.5. The van der Waals surface area contributed by atoms with Gasteiger partial charge >= 0.3 is 0 Å². The van der Waals surface area contributed by atoms with Crippen LogP contribution >= 0.6 is 11.3 Å². The van der Waals surface area contributed by atoms with Crippen LogP contribution in [0.1, 0.15) is 34.6 Å². The van der Waals surface area contributed by atoms with Crippen LogP contribution in [0.15, 0.2) is 65.0 Å². The van der Waals surface area contributed by atoms with E-state index in [0.717, 1.165) is 36.3 Å². The maximum absolute atomic E-state index is 13.0. The molecule has 31 heavy (non-hydrogen) atoms. The van der Waals surface area contributed by atoms with Crippen molar-refractivity contribution in [3.8, 4) is 5.75 Å². The maximum Gasteiger partial charge on any atom is 0.267 e. The Morgan fingerprint density at radius 2 is 1.94 bits per heavy atom. The molecule has 2 aromatic heterocycles. The smallest absolute Gasteiger partial charge is 0.267 e. The molecule has 0 aliphatic carbocycles. The average Bonchev–Trinajstić information content (AvgIpc) is 3.31. The summed E-state index contributed by atoms with van der Waals surface area (Å²) in [5, 5.41) is 4.43. The first-order valence-corrected chi connectivity index (χ1v) is 12.4. The molecule has 1 aromatic carbocycles. The molecule has 0 bridgehead atoms. The van der Waals surface area contributed by atoms with Crippen molar-refractivity contribution in [2.24, 2.45) is 0 Å². The van der Waals surface area contributed by atoms with Gasteiger partial charge in [-0.3, -0.25) is 9.78 Å². The molecule has 1 aliphatic rings. The lowest BCUT2D eigenvalue weighted by Gasteiger charge is -2.25. The molecule has 0 unspecified atom stereocenters. The fourth-order valence-electron chi connectivity index (χ4n) is 3.40. The summed E-state index contributed by atoms with van der Waals surface area (Å²) in [4.78, 5) is 17.4. The minimum Gasteiger partial charge on any atom is -0.487 e. The summed E-state index contributed by atoms with van der Waals surface area (Å²) in [6, 6.07) is 14.1. The van der Waals surface area contributed by atoms with E-state index in [1.807, 2.05) is 18.2 Å². The molecule has 1 saturated heterocycles. The molecular weight excluding hydrogens is 434 g/mol. The number of carbonyl (C=O) groups excluding carboxylic acids is 1. The van der Waals surface area contributed by atoms with E-state index >= 15 is 0 Å². The fourth-order valence-corrected chi connectivity index (χ4v) is 6.22. The Morgan fingerprint density at radius 1 is 1.10 bits per heavy atom. The van der Waals surface area contributed by atoms with Crippen molar-refractivity contribution in [3.63, 3.8) is 0 Å². The number of thiophene rings is 1. The number of hydrogen-bond donors (Lipinski definition) is 1. The van der Waals surface area contributed by atoms with Gasteiger partial charge in [-0.1, -0.05) is 18.6 Å². The number of carbonyl (C=O) groups is 1. The van der Waals surface area contributed by atoms with E-state index in [0.29, 0.717) is 31.1 Å². The number of hydrogen-bond acceptors (Lipinski definition) is 6. The molecule has 162 valence electrons. The number of piperidine rings is 1. The van der Waals surface area contributed by atoms with Gasteiger partial charge in [0, 0.05) is 31.0 Å². The van der Waals surface area contributed by atoms with E-state index < -0.39 is 15.9 Å². The van der Waals surface area contributed by atoms with Gasteiger partial charge in [-0.05, 0) is 48.6 Å². The van der Waals surface area contributed by atoms with E-state index in [2.05, 4.69) is 10.3 Å². The number of ether oxygens (including phenoxy) is 1. The lowest BCUT2D eigenvalue weighted by Crippen LogP contribution is -2.36. The fraction of sp³-hybridized carbons (Fsp3) is 0.273. The third-order valence-corrected chi connectivity index (χ3v) is 7.96. The standard InChI is InChI=1S/C22H23N3O4S2/c26-22(21-20(10-14-30-21)31(27,28)25-12-4-1-5-13-25)24-17-8-6-9-19(15-17)29-16-18-7-2-3-11-23-18/h2-3,6-11,14-15H,1,4-5,12-13,16H2,(H,24,26). The summed E-state index contributed by atoms with van der Waals surface area (Å²) in [6.07, 6.45) is 4.42. The van der Waals surface area contributed by atoms with Gasteiger partial charge in [0.1, 0.15) is 22.1 Å². The number of nitrogens with one attached hydrogen (secondary N) is 1. The Labute approximate surface area is 185 Å². The summed E-state index contributed by atoms with van der Waals surface area (Å²) >= 11 is 1.12. The predicted octanol–water partition coefficient (Wildman–Crippen LogP) is 4.15. The highest BCUT2D eigenvalue weighted by molar-refractivity contribution is 7.89. The molecule has 9 heteroatoms. The third-order valence-electron chi connectivity index (χ3n) is 4.97. The van der Waals surface area contributed by atoms with Crippen LogP contribution in [0.4, 0.5) is 5.69 Å². The molecule has 0 saturated carbocycles. The maximum atomic E-state index is 13.0. The van der Waals surface area contributed by atoms with Crippen LogP contribution in [0.25, 0.3) is 0 Å². The number of benzene rings is 1. The van der Waals surface area contributed by atoms with Gasteiger partial charge in [-0.15, -0.1) is 11.3 Å². The highest BCUT2D eigenvalue weighted by atomic mass is 32.2. The van der Waals surface area contributed by atoms with Gasteiger partial charge in [0.15, 0.2) is 0 Å². The molecular formula is C22H23N3O4S2. The molecule has 7 nitrogen and oxygen atoms in total. The summed E-state index contributed by atoms with van der Waals surface area (Å²) in [7, 11) is -3.68. The molecule has 0 radical (unpaired) electrons. The molecule has 3 heterocycles.